The Bertz CT molecular complexity index is 681. The van der Waals surface area contributed by atoms with E-state index in [0.29, 0.717) is 6.61 Å². The van der Waals surface area contributed by atoms with Crippen molar-refractivity contribution < 1.29 is 4.74 Å². The van der Waals surface area contributed by atoms with Gasteiger partial charge in [-0.15, -0.1) is 0 Å². The normalized spacial score (nSPS) is 10.4. The highest BCUT2D eigenvalue weighted by Crippen LogP contribution is 2.31. The zero-order valence-electron chi connectivity index (χ0n) is 10.7. The molecule has 1 heterocycles. The van der Waals surface area contributed by atoms with E-state index in [1.807, 2.05) is 48.5 Å². The van der Waals surface area contributed by atoms with E-state index < -0.39 is 0 Å². The summed E-state index contributed by atoms with van der Waals surface area (Å²) in [5, 5.41) is 0. The van der Waals surface area contributed by atoms with Gasteiger partial charge in [-0.2, -0.15) is 0 Å². The third kappa shape index (κ3) is 2.91. The molecule has 0 saturated heterocycles. The number of ether oxygens (including phenoxy) is 1. The molecule has 4 heteroatoms. The number of imidazole rings is 1. The van der Waals surface area contributed by atoms with Gasteiger partial charge in [0.2, 0.25) is 0 Å². The first-order valence-electron chi connectivity index (χ1n) is 6.29. The number of benzene rings is 2. The van der Waals surface area contributed by atoms with Crippen molar-refractivity contribution in [1.82, 2.24) is 9.97 Å². The van der Waals surface area contributed by atoms with Crippen molar-refractivity contribution in [2.75, 3.05) is 0 Å². The Hall–Kier alpha value is -2.07. The van der Waals surface area contributed by atoms with Crippen LogP contribution in [0.15, 0.2) is 65.4 Å². The largest absolute Gasteiger partial charge is 0.488 e. The van der Waals surface area contributed by atoms with E-state index in [2.05, 4.69) is 25.9 Å². The standard InChI is InChI=1S/C16H13BrN2O/c17-13-6-7-14(16-18-8-9-19-16)15(10-13)20-11-12-4-2-1-3-5-12/h1-10H,11H2,(H,18,19). The topological polar surface area (TPSA) is 37.9 Å². The maximum Gasteiger partial charge on any atom is 0.141 e. The second-order valence-corrected chi connectivity index (χ2v) is 5.27. The second kappa shape index (κ2) is 5.92. The number of hydrogen-bond donors (Lipinski definition) is 1. The highest BCUT2D eigenvalue weighted by molar-refractivity contribution is 9.10. The lowest BCUT2D eigenvalue weighted by molar-refractivity contribution is 0.307. The first-order chi connectivity index (χ1) is 9.83. The summed E-state index contributed by atoms with van der Waals surface area (Å²) < 4.78 is 6.92. The Morgan fingerprint density at radius 3 is 2.70 bits per heavy atom. The lowest BCUT2D eigenvalue weighted by Gasteiger charge is -2.11. The predicted molar refractivity (Wildman–Crippen MR) is 82.5 cm³/mol. The number of rotatable bonds is 4. The number of nitrogens with one attached hydrogen (secondary N) is 1. The molecule has 1 N–H and O–H groups in total. The highest BCUT2D eigenvalue weighted by atomic mass is 79.9. The van der Waals surface area contributed by atoms with Crippen LogP contribution in [0.5, 0.6) is 5.75 Å². The van der Waals surface area contributed by atoms with Gasteiger partial charge in [0.15, 0.2) is 0 Å². The van der Waals surface area contributed by atoms with Gasteiger partial charge in [0.05, 0.1) is 5.56 Å². The number of H-pyrrole nitrogens is 1. The van der Waals surface area contributed by atoms with Gasteiger partial charge >= 0.3 is 0 Å². The summed E-state index contributed by atoms with van der Waals surface area (Å²) in [6.45, 7) is 0.533. The summed E-state index contributed by atoms with van der Waals surface area (Å²) in [7, 11) is 0. The molecule has 0 amide bonds. The molecule has 100 valence electrons. The van der Waals surface area contributed by atoms with Crippen molar-refractivity contribution in [2.45, 2.75) is 6.61 Å². The zero-order valence-corrected chi connectivity index (χ0v) is 12.3. The van der Waals surface area contributed by atoms with Crippen LogP contribution in [0.4, 0.5) is 0 Å². The molecule has 0 saturated carbocycles. The van der Waals surface area contributed by atoms with Crippen molar-refractivity contribution in [3.8, 4) is 17.1 Å². The van der Waals surface area contributed by atoms with Crippen molar-refractivity contribution in [3.05, 3.63) is 71.0 Å². The lowest BCUT2D eigenvalue weighted by Crippen LogP contribution is -1.97. The van der Waals surface area contributed by atoms with E-state index >= 15 is 0 Å². The quantitative estimate of drug-likeness (QED) is 0.769. The molecule has 0 aliphatic carbocycles. The molecule has 0 bridgehead atoms. The van der Waals surface area contributed by atoms with E-state index in [-0.39, 0.29) is 0 Å². The first-order valence-corrected chi connectivity index (χ1v) is 7.08. The molecule has 0 fully saturated rings. The van der Waals surface area contributed by atoms with Crippen LogP contribution >= 0.6 is 15.9 Å². The van der Waals surface area contributed by atoms with Gasteiger partial charge < -0.3 is 9.72 Å². The Morgan fingerprint density at radius 1 is 1.10 bits per heavy atom. The molecule has 0 unspecified atom stereocenters. The SMILES string of the molecule is Brc1ccc(-c2ncc[nH]2)c(OCc2ccccc2)c1. The Balaban J connectivity index is 1.87. The predicted octanol–water partition coefficient (Wildman–Crippen LogP) is 4.42. The minimum atomic E-state index is 0.533. The number of hydrogen-bond acceptors (Lipinski definition) is 2. The molecule has 0 radical (unpaired) electrons. The van der Waals surface area contributed by atoms with Gasteiger partial charge in [-0.25, -0.2) is 4.98 Å². The third-order valence-corrected chi connectivity index (χ3v) is 3.43. The Morgan fingerprint density at radius 2 is 1.95 bits per heavy atom. The van der Waals surface area contributed by atoms with Crippen LogP contribution in [0.2, 0.25) is 0 Å². The molecule has 20 heavy (non-hydrogen) atoms. The number of nitrogens with zero attached hydrogens (tertiary/aromatic N) is 1. The van der Waals surface area contributed by atoms with Crippen molar-refractivity contribution in [2.24, 2.45) is 0 Å². The molecular formula is C16H13BrN2O. The van der Waals surface area contributed by atoms with Gasteiger partial charge in [-0.05, 0) is 23.8 Å². The Labute approximate surface area is 125 Å². The fourth-order valence-corrected chi connectivity index (χ4v) is 2.30. The summed E-state index contributed by atoms with van der Waals surface area (Å²) in [4.78, 5) is 7.39. The van der Waals surface area contributed by atoms with Crippen LogP contribution in [0.3, 0.4) is 0 Å². The maximum absolute atomic E-state index is 5.94. The Kier molecular flexibility index (Phi) is 3.83. The molecule has 3 aromatic rings. The maximum atomic E-state index is 5.94. The van der Waals surface area contributed by atoms with E-state index in [1.54, 1.807) is 12.4 Å². The lowest BCUT2D eigenvalue weighted by atomic mass is 10.2. The third-order valence-electron chi connectivity index (χ3n) is 2.93. The van der Waals surface area contributed by atoms with Crippen molar-refractivity contribution >= 4 is 15.9 Å². The van der Waals surface area contributed by atoms with Crippen LogP contribution in [-0.2, 0) is 6.61 Å². The van der Waals surface area contributed by atoms with E-state index in [1.165, 1.54) is 0 Å². The zero-order chi connectivity index (χ0) is 13.8. The van der Waals surface area contributed by atoms with Gasteiger partial charge in [0.25, 0.3) is 0 Å². The van der Waals surface area contributed by atoms with Crippen molar-refractivity contribution in [3.63, 3.8) is 0 Å². The fourth-order valence-electron chi connectivity index (χ4n) is 1.96. The summed E-state index contributed by atoms with van der Waals surface area (Å²) in [6, 6.07) is 16.0. The first kappa shape index (κ1) is 12.9. The van der Waals surface area contributed by atoms with Gasteiger partial charge in [0, 0.05) is 16.9 Å². The minimum Gasteiger partial charge on any atom is -0.488 e. The van der Waals surface area contributed by atoms with Crippen LogP contribution in [0.25, 0.3) is 11.4 Å². The van der Waals surface area contributed by atoms with Gasteiger partial charge in [-0.1, -0.05) is 46.3 Å². The number of aromatic amines is 1. The summed E-state index contributed by atoms with van der Waals surface area (Å²) in [5.41, 5.74) is 2.09. The van der Waals surface area contributed by atoms with Crippen LogP contribution < -0.4 is 4.74 Å². The van der Waals surface area contributed by atoms with E-state index in [4.69, 9.17) is 4.74 Å². The fraction of sp³-hybridized carbons (Fsp3) is 0.0625. The number of aromatic nitrogens is 2. The monoisotopic (exact) mass is 328 g/mol. The summed E-state index contributed by atoms with van der Waals surface area (Å²) in [6.07, 6.45) is 3.54. The van der Waals surface area contributed by atoms with Crippen LogP contribution in [0, 0.1) is 0 Å². The number of halogens is 1. The van der Waals surface area contributed by atoms with Crippen LogP contribution in [0.1, 0.15) is 5.56 Å². The molecular weight excluding hydrogens is 316 g/mol. The van der Waals surface area contributed by atoms with E-state index in [0.717, 1.165) is 27.2 Å². The molecule has 3 rings (SSSR count). The highest BCUT2D eigenvalue weighted by Gasteiger charge is 2.09. The average Bonchev–Trinajstić information content (AvgIpc) is 3.00. The van der Waals surface area contributed by atoms with Crippen molar-refractivity contribution in [1.29, 1.82) is 0 Å². The molecule has 3 nitrogen and oxygen atoms in total. The average molecular weight is 329 g/mol. The molecule has 0 aliphatic heterocycles. The summed E-state index contributed by atoms with van der Waals surface area (Å²) >= 11 is 3.48. The molecule has 0 aliphatic rings. The molecule has 1 aromatic heterocycles. The minimum absolute atomic E-state index is 0.533. The van der Waals surface area contributed by atoms with Crippen LogP contribution in [-0.4, -0.2) is 9.97 Å². The molecule has 2 aromatic carbocycles. The molecule has 0 spiro atoms. The smallest absolute Gasteiger partial charge is 0.141 e. The van der Waals surface area contributed by atoms with E-state index in [9.17, 15) is 0 Å². The van der Waals surface area contributed by atoms with Gasteiger partial charge in [-0.3, -0.25) is 0 Å². The molecule has 0 atom stereocenters. The summed E-state index contributed by atoms with van der Waals surface area (Å²) in [5.74, 6) is 1.61. The van der Waals surface area contributed by atoms with Gasteiger partial charge in [0.1, 0.15) is 18.2 Å². The second-order valence-electron chi connectivity index (χ2n) is 4.35.